The molecule has 2 rings (SSSR count). The smallest absolute Gasteiger partial charge is 0.257 e. The maximum atomic E-state index is 12.2. The van der Waals surface area contributed by atoms with Crippen LogP contribution in [0.5, 0.6) is 0 Å². The van der Waals surface area contributed by atoms with Crippen LogP contribution < -0.4 is 10.6 Å². The van der Waals surface area contributed by atoms with Gasteiger partial charge in [-0.25, -0.2) is 9.97 Å². The summed E-state index contributed by atoms with van der Waals surface area (Å²) in [4.78, 5) is 20.7. The first-order chi connectivity index (χ1) is 9.62. The number of nitrogens with one attached hydrogen (secondary N) is 2. The average molecular weight is 355 g/mol. The monoisotopic (exact) mass is 354 g/mol. The molecule has 2 N–H and O–H groups in total. The fourth-order valence-electron chi connectivity index (χ4n) is 1.71. The van der Waals surface area contributed by atoms with E-state index in [4.69, 9.17) is 0 Å². The van der Waals surface area contributed by atoms with E-state index in [1.54, 1.807) is 19.3 Å². The second-order valence-electron chi connectivity index (χ2n) is 4.16. The minimum atomic E-state index is -0.178. The Morgan fingerprint density at radius 3 is 2.85 bits per heavy atom. The molecular weight excluding hydrogens is 340 g/mol. The summed E-state index contributed by atoms with van der Waals surface area (Å²) < 4.78 is 0.880. The molecule has 0 aliphatic rings. The van der Waals surface area contributed by atoms with E-state index in [0.717, 1.165) is 22.3 Å². The second-order valence-corrected chi connectivity index (χ2v) is 6.57. The van der Waals surface area contributed by atoms with Crippen LogP contribution in [0.25, 0.3) is 0 Å². The Balaban J connectivity index is 2.21. The summed E-state index contributed by atoms with van der Waals surface area (Å²) in [6.45, 7) is 2.08. The molecule has 0 unspecified atom stereocenters. The lowest BCUT2D eigenvalue weighted by atomic mass is 10.1. The van der Waals surface area contributed by atoms with Crippen molar-refractivity contribution in [1.29, 1.82) is 0 Å². The van der Waals surface area contributed by atoms with Crippen LogP contribution in [-0.4, -0.2) is 22.9 Å². The van der Waals surface area contributed by atoms with Crippen molar-refractivity contribution in [2.24, 2.45) is 0 Å². The molecule has 0 aromatic carbocycles. The molecular formula is C13H15BrN4OS. The number of anilines is 2. The first kappa shape index (κ1) is 14.9. The normalized spacial score (nSPS) is 10.3. The van der Waals surface area contributed by atoms with Gasteiger partial charge >= 0.3 is 0 Å². The highest BCUT2D eigenvalue weighted by Crippen LogP contribution is 2.24. The molecule has 0 bridgehead atoms. The van der Waals surface area contributed by atoms with Gasteiger partial charge in [0.1, 0.15) is 5.82 Å². The third-order valence-corrected chi connectivity index (χ3v) is 3.99. The van der Waals surface area contributed by atoms with E-state index in [1.807, 2.05) is 6.07 Å². The molecule has 0 saturated carbocycles. The number of carbonyl (C=O) groups is 1. The second kappa shape index (κ2) is 6.81. The number of aromatic nitrogens is 2. The van der Waals surface area contributed by atoms with E-state index in [2.05, 4.69) is 43.5 Å². The summed E-state index contributed by atoms with van der Waals surface area (Å²) in [6.07, 6.45) is 3.49. The SMILES string of the molecule is CCCc1cc(C(=O)Nc2ncc(Br)s2)cc(NC)n1. The summed E-state index contributed by atoms with van der Waals surface area (Å²) in [6, 6.07) is 3.56. The van der Waals surface area contributed by atoms with E-state index in [1.165, 1.54) is 11.3 Å². The Morgan fingerprint density at radius 2 is 2.25 bits per heavy atom. The van der Waals surface area contributed by atoms with E-state index in [-0.39, 0.29) is 5.91 Å². The number of amides is 1. The van der Waals surface area contributed by atoms with Gasteiger partial charge in [0, 0.05) is 18.3 Å². The van der Waals surface area contributed by atoms with Crippen LogP contribution in [0.2, 0.25) is 0 Å². The van der Waals surface area contributed by atoms with Crippen molar-refractivity contribution in [3.05, 3.63) is 33.4 Å². The molecule has 2 aromatic heterocycles. The molecule has 0 spiro atoms. The summed E-state index contributed by atoms with van der Waals surface area (Å²) in [5.74, 6) is 0.518. The number of aryl methyl sites for hydroxylation is 1. The number of pyridine rings is 1. The first-order valence-corrected chi connectivity index (χ1v) is 7.84. The lowest BCUT2D eigenvalue weighted by Crippen LogP contribution is -2.13. The van der Waals surface area contributed by atoms with Gasteiger partial charge in [-0.2, -0.15) is 0 Å². The van der Waals surface area contributed by atoms with Crippen molar-refractivity contribution >= 4 is 44.1 Å². The van der Waals surface area contributed by atoms with Crippen LogP contribution in [0.15, 0.2) is 22.1 Å². The highest BCUT2D eigenvalue weighted by molar-refractivity contribution is 9.11. The van der Waals surface area contributed by atoms with Crippen molar-refractivity contribution in [3.63, 3.8) is 0 Å². The Labute approximate surface area is 130 Å². The molecule has 0 saturated heterocycles. The molecule has 0 aliphatic carbocycles. The maximum Gasteiger partial charge on any atom is 0.257 e. The minimum Gasteiger partial charge on any atom is -0.373 e. The lowest BCUT2D eigenvalue weighted by molar-refractivity contribution is 0.102. The first-order valence-electron chi connectivity index (χ1n) is 6.23. The predicted octanol–water partition coefficient (Wildman–Crippen LogP) is 3.55. The highest BCUT2D eigenvalue weighted by atomic mass is 79.9. The highest BCUT2D eigenvalue weighted by Gasteiger charge is 2.11. The largest absolute Gasteiger partial charge is 0.373 e. The van der Waals surface area contributed by atoms with Crippen molar-refractivity contribution < 1.29 is 4.79 Å². The molecule has 0 fully saturated rings. The summed E-state index contributed by atoms with van der Waals surface area (Å²) >= 11 is 4.70. The van der Waals surface area contributed by atoms with Gasteiger partial charge in [0.15, 0.2) is 5.13 Å². The zero-order valence-electron chi connectivity index (χ0n) is 11.2. The van der Waals surface area contributed by atoms with Gasteiger partial charge < -0.3 is 5.32 Å². The van der Waals surface area contributed by atoms with Gasteiger partial charge in [-0.1, -0.05) is 24.7 Å². The van der Waals surface area contributed by atoms with Crippen LogP contribution in [0.4, 0.5) is 10.9 Å². The molecule has 0 atom stereocenters. The number of carbonyl (C=O) groups excluding carboxylic acids is 1. The van der Waals surface area contributed by atoms with E-state index < -0.39 is 0 Å². The van der Waals surface area contributed by atoms with Crippen LogP contribution in [0, 0.1) is 0 Å². The number of nitrogens with zero attached hydrogens (tertiary/aromatic N) is 2. The zero-order chi connectivity index (χ0) is 14.5. The molecule has 106 valence electrons. The summed E-state index contributed by atoms with van der Waals surface area (Å²) in [5, 5.41) is 6.33. The topological polar surface area (TPSA) is 66.9 Å². The fraction of sp³-hybridized carbons (Fsp3) is 0.308. The summed E-state index contributed by atoms with van der Waals surface area (Å²) in [7, 11) is 1.79. The molecule has 5 nitrogen and oxygen atoms in total. The van der Waals surface area contributed by atoms with Crippen molar-refractivity contribution in [2.45, 2.75) is 19.8 Å². The standard InChI is InChI=1S/C13H15BrN4OS/c1-3-4-9-5-8(6-11(15-2)17-9)12(19)18-13-16-7-10(14)20-13/h5-7H,3-4H2,1-2H3,(H,15,17)(H,16,18,19). The number of rotatable bonds is 5. The Bertz CT molecular complexity index is 614. The average Bonchev–Trinajstić information content (AvgIpc) is 2.84. The lowest BCUT2D eigenvalue weighted by Gasteiger charge is -2.07. The molecule has 7 heteroatoms. The minimum absolute atomic E-state index is 0.178. The molecule has 1 amide bonds. The third kappa shape index (κ3) is 3.77. The Kier molecular flexibility index (Phi) is 5.08. The molecule has 2 aromatic rings. The van der Waals surface area contributed by atoms with Crippen LogP contribution >= 0.6 is 27.3 Å². The van der Waals surface area contributed by atoms with Gasteiger partial charge in [-0.15, -0.1) is 0 Å². The van der Waals surface area contributed by atoms with Crippen LogP contribution in [0.3, 0.4) is 0 Å². The molecule has 0 aliphatic heterocycles. The van der Waals surface area contributed by atoms with Crippen molar-refractivity contribution in [3.8, 4) is 0 Å². The molecule has 0 radical (unpaired) electrons. The Hall–Kier alpha value is -1.47. The van der Waals surface area contributed by atoms with E-state index in [9.17, 15) is 4.79 Å². The maximum absolute atomic E-state index is 12.2. The summed E-state index contributed by atoms with van der Waals surface area (Å²) in [5.41, 5.74) is 1.49. The molecule has 20 heavy (non-hydrogen) atoms. The van der Waals surface area contributed by atoms with Gasteiger partial charge in [0.2, 0.25) is 0 Å². The van der Waals surface area contributed by atoms with Gasteiger partial charge in [0.25, 0.3) is 5.91 Å². The van der Waals surface area contributed by atoms with Gasteiger partial charge in [-0.3, -0.25) is 10.1 Å². The van der Waals surface area contributed by atoms with Crippen LogP contribution in [0.1, 0.15) is 29.4 Å². The number of hydrogen-bond donors (Lipinski definition) is 2. The molecule has 2 heterocycles. The Morgan fingerprint density at radius 1 is 1.45 bits per heavy atom. The fourth-order valence-corrected chi connectivity index (χ4v) is 2.81. The quantitative estimate of drug-likeness (QED) is 0.861. The number of halogens is 1. The number of hydrogen-bond acceptors (Lipinski definition) is 5. The van der Waals surface area contributed by atoms with Crippen LogP contribution in [-0.2, 0) is 6.42 Å². The van der Waals surface area contributed by atoms with Gasteiger partial charge in [0.05, 0.1) is 9.98 Å². The van der Waals surface area contributed by atoms with E-state index >= 15 is 0 Å². The predicted molar refractivity (Wildman–Crippen MR) is 85.5 cm³/mol. The van der Waals surface area contributed by atoms with Crippen molar-refractivity contribution in [1.82, 2.24) is 9.97 Å². The number of thiazole rings is 1. The third-order valence-electron chi connectivity index (χ3n) is 2.60. The zero-order valence-corrected chi connectivity index (χ0v) is 13.6. The van der Waals surface area contributed by atoms with E-state index in [0.29, 0.717) is 16.5 Å². The van der Waals surface area contributed by atoms with Gasteiger partial charge in [-0.05, 0) is 34.5 Å². The van der Waals surface area contributed by atoms with Crippen molar-refractivity contribution in [2.75, 3.05) is 17.7 Å².